The Morgan fingerprint density at radius 2 is 2.00 bits per heavy atom. The third-order valence-corrected chi connectivity index (χ3v) is 3.86. The van der Waals surface area contributed by atoms with Gasteiger partial charge in [-0.25, -0.2) is 0 Å². The Balaban J connectivity index is 2.15. The van der Waals surface area contributed by atoms with E-state index in [9.17, 15) is 13.2 Å². The highest BCUT2D eigenvalue weighted by molar-refractivity contribution is 6.31. The lowest BCUT2D eigenvalue weighted by atomic mass is 10.1. The smallest absolute Gasteiger partial charge is 0.361 e. The molecule has 2 aromatic rings. The second-order valence-electron chi connectivity index (χ2n) is 5.14. The molecule has 1 atom stereocenters. The highest BCUT2D eigenvalue weighted by Gasteiger charge is 2.30. The zero-order valence-corrected chi connectivity index (χ0v) is 13.1. The molecule has 0 spiro atoms. The van der Waals surface area contributed by atoms with Crippen LogP contribution in [0.3, 0.4) is 0 Å². The number of hydrogen-bond acceptors (Lipinski definition) is 3. The van der Waals surface area contributed by atoms with Crippen molar-refractivity contribution in [3.8, 4) is 0 Å². The van der Waals surface area contributed by atoms with Crippen LogP contribution in [-0.2, 0) is 12.7 Å². The number of hydrogen-bond donors (Lipinski definition) is 1. The fraction of sp³-hybridized carbons (Fsp3) is 0.400. The van der Waals surface area contributed by atoms with Crippen molar-refractivity contribution in [3.63, 3.8) is 0 Å². The first-order valence-electron chi connectivity index (χ1n) is 6.72. The summed E-state index contributed by atoms with van der Waals surface area (Å²) in [7, 11) is 0. The molecule has 1 N–H and O–H groups in total. The molecular formula is C15H16ClF3N2O. The molecule has 1 aromatic carbocycles. The number of nitrogens with zero attached hydrogens (tertiary/aromatic N) is 1. The number of nitrogens with one attached hydrogen (secondary N) is 1. The van der Waals surface area contributed by atoms with Crippen LogP contribution >= 0.6 is 11.6 Å². The Hall–Kier alpha value is -1.53. The van der Waals surface area contributed by atoms with Crippen molar-refractivity contribution in [3.05, 3.63) is 51.4 Å². The molecule has 0 radical (unpaired) electrons. The first-order valence-corrected chi connectivity index (χ1v) is 7.09. The van der Waals surface area contributed by atoms with Gasteiger partial charge in [0.1, 0.15) is 5.76 Å². The van der Waals surface area contributed by atoms with E-state index in [0.717, 1.165) is 23.4 Å². The van der Waals surface area contributed by atoms with Gasteiger partial charge in [0.25, 0.3) is 0 Å². The molecule has 7 heteroatoms. The Morgan fingerprint density at radius 3 is 2.55 bits per heavy atom. The van der Waals surface area contributed by atoms with E-state index in [0.29, 0.717) is 16.3 Å². The topological polar surface area (TPSA) is 38.1 Å². The number of rotatable bonds is 4. The second kappa shape index (κ2) is 6.30. The molecule has 1 aromatic heterocycles. The van der Waals surface area contributed by atoms with Crippen molar-refractivity contribution >= 4 is 11.6 Å². The van der Waals surface area contributed by atoms with Gasteiger partial charge in [-0.05, 0) is 44.5 Å². The first-order chi connectivity index (χ1) is 10.2. The van der Waals surface area contributed by atoms with Gasteiger partial charge < -0.3 is 9.84 Å². The summed E-state index contributed by atoms with van der Waals surface area (Å²) >= 11 is 5.98. The predicted octanol–water partition coefficient (Wildman–Crippen LogP) is 4.81. The molecule has 120 valence electrons. The van der Waals surface area contributed by atoms with Gasteiger partial charge in [0, 0.05) is 23.2 Å². The summed E-state index contributed by atoms with van der Waals surface area (Å²) < 4.78 is 43.3. The minimum absolute atomic E-state index is 0.114. The summed E-state index contributed by atoms with van der Waals surface area (Å²) in [5.41, 5.74) is 1.35. The fourth-order valence-corrected chi connectivity index (χ4v) is 2.54. The first kappa shape index (κ1) is 16.8. The molecule has 0 fully saturated rings. The van der Waals surface area contributed by atoms with Gasteiger partial charge >= 0.3 is 6.18 Å². The zero-order valence-electron chi connectivity index (χ0n) is 12.4. The molecule has 0 bridgehead atoms. The molecule has 22 heavy (non-hydrogen) atoms. The average Bonchev–Trinajstić information content (AvgIpc) is 2.75. The second-order valence-corrected chi connectivity index (χ2v) is 5.55. The summed E-state index contributed by atoms with van der Waals surface area (Å²) in [4.78, 5) is 0. The minimum Gasteiger partial charge on any atom is -0.361 e. The average molecular weight is 333 g/mol. The van der Waals surface area contributed by atoms with Crippen LogP contribution in [0.25, 0.3) is 0 Å². The standard InChI is InChI=1S/C15H16ClF3N2O/c1-8(14-9(2)21-22-10(14)3)20-7-11-6-12(15(17,18)19)4-5-13(11)16/h4-6,8,20H,7H2,1-3H3/t8-/m0/s1. The molecule has 0 amide bonds. The Labute approximate surface area is 131 Å². The quantitative estimate of drug-likeness (QED) is 0.872. The Kier molecular flexibility index (Phi) is 4.82. The lowest BCUT2D eigenvalue weighted by Gasteiger charge is -2.15. The number of aromatic nitrogens is 1. The molecule has 0 aliphatic rings. The molecule has 0 saturated carbocycles. The highest BCUT2D eigenvalue weighted by atomic mass is 35.5. The van der Waals surface area contributed by atoms with E-state index in [2.05, 4.69) is 10.5 Å². The largest absolute Gasteiger partial charge is 0.416 e. The number of aryl methyl sites for hydroxylation is 2. The maximum Gasteiger partial charge on any atom is 0.416 e. The van der Waals surface area contributed by atoms with Gasteiger partial charge in [0.2, 0.25) is 0 Å². The SMILES string of the molecule is Cc1noc(C)c1[C@H](C)NCc1cc(C(F)(F)F)ccc1Cl. The fourth-order valence-electron chi connectivity index (χ4n) is 2.36. The van der Waals surface area contributed by atoms with E-state index >= 15 is 0 Å². The summed E-state index contributed by atoms with van der Waals surface area (Å²) in [5, 5.41) is 7.31. The number of halogens is 4. The van der Waals surface area contributed by atoms with E-state index in [-0.39, 0.29) is 12.6 Å². The van der Waals surface area contributed by atoms with Crippen LogP contribution in [0.5, 0.6) is 0 Å². The van der Waals surface area contributed by atoms with Crippen LogP contribution in [0.15, 0.2) is 22.7 Å². The van der Waals surface area contributed by atoms with Gasteiger partial charge in [-0.3, -0.25) is 0 Å². The molecule has 0 unspecified atom stereocenters. The van der Waals surface area contributed by atoms with E-state index < -0.39 is 11.7 Å². The normalized spacial score (nSPS) is 13.4. The van der Waals surface area contributed by atoms with Crippen LogP contribution in [0.2, 0.25) is 5.02 Å². The van der Waals surface area contributed by atoms with Crippen molar-refractivity contribution in [1.29, 1.82) is 0 Å². The zero-order chi connectivity index (χ0) is 16.5. The maximum atomic E-state index is 12.7. The van der Waals surface area contributed by atoms with Crippen LogP contribution < -0.4 is 5.32 Å². The molecular weight excluding hydrogens is 317 g/mol. The van der Waals surface area contributed by atoms with Gasteiger partial charge in [0.15, 0.2) is 0 Å². The number of benzene rings is 1. The third-order valence-electron chi connectivity index (χ3n) is 3.49. The van der Waals surface area contributed by atoms with Crippen molar-refractivity contribution < 1.29 is 17.7 Å². The molecule has 0 saturated heterocycles. The Morgan fingerprint density at radius 1 is 1.32 bits per heavy atom. The monoisotopic (exact) mass is 332 g/mol. The summed E-state index contributed by atoms with van der Waals surface area (Å²) in [5.74, 6) is 0.688. The van der Waals surface area contributed by atoms with E-state index in [1.165, 1.54) is 6.07 Å². The summed E-state index contributed by atoms with van der Waals surface area (Å²) in [6.45, 7) is 5.73. The molecule has 1 heterocycles. The van der Waals surface area contributed by atoms with Gasteiger partial charge in [-0.1, -0.05) is 16.8 Å². The highest BCUT2D eigenvalue weighted by Crippen LogP contribution is 2.32. The van der Waals surface area contributed by atoms with Gasteiger partial charge in [0.05, 0.1) is 11.3 Å². The van der Waals surface area contributed by atoms with Crippen molar-refractivity contribution in [2.75, 3.05) is 0 Å². The van der Waals surface area contributed by atoms with Crippen LogP contribution in [0.1, 0.15) is 41.1 Å². The van der Waals surface area contributed by atoms with Gasteiger partial charge in [-0.2, -0.15) is 13.2 Å². The molecule has 3 nitrogen and oxygen atoms in total. The van der Waals surface area contributed by atoms with E-state index in [1.54, 1.807) is 6.92 Å². The van der Waals surface area contributed by atoms with E-state index in [1.807, 2.05) is 13.8 Å². The van der Waals surface area contributed by atoms with E-state index in [4.69, 9.17) is 16.1 Å². The molecule has 2 rings (SSSR count). The lowest BCUT2D eigenvalue weighted by Crippen LogP contribution is -2.19. The molecule has 0 aliphatic heterocycles. The van der Waals surface area contributed by atoms with Crippen LogP contribution in [-0.4, -0.2) is 5.16 Å². The maximum absolute atomic E-state index is 12.7. The third kappa shape index (κ3) is 3.62. The summed E-state index contributed by atoms with van der Waals surface area (Å²) in [6, 6.07) is 3.19. The lowest BCUT2D eigenvalue weighted by molar-refractivity contribution is -0.137. The number of alkyl halides is 3. The van der Waals surface area contributed by atoms with Crippen molar-refractivity contribution in [2.45, 2.75) is 39.5 Å². The van der Waals surface area contributed by atoms with Crippen LogP contribution in [0.4, 0.5) is 13.2 Å². The predicted molar refractivity (Wildman–Crippen MR) is 77.7 cm³/mol. The summed E-state index contributed by atoms with van der Waals surface area (Å²) in [6.07, 6.45) is -4.38. The van der Waals surface area contributed by atoms with Crippen molar-refractivity contribution in [1.82, 2.24) is 10.5 Å². The Bertz CT molecular complexity index is 648. The molecule has 0 aliphatic carbocycles. The van der Waals surface area contributed by atoms with Crippen LogP contribution in [0, 0.1) is 13.8 Å². The minimum atomic E-state index is -4.38. The van der Waals surface area contributed by atoms with Crippen molar-refractivity contribution in [2.24, 2.45) is 0 Å². The van der Waals surface area contributed by atoms with Gasteiger partial charge in [-0.15, -0.1) is 0 Å².